The first kappa shape index (κ1) is 25.8. The zero-order valence-electron chi connectivity index (χ0n) is 20.3. The molecule has 3 aromatic rings. The van der Waals surface area contributed by atoms with Crippen LogP contribution in [-0.4, -0.2) is 29.8 Å². The number of carboxylic acid groups (broad SMARTS) is 1. The van der Waals surface area contributed by atoms with Crippen LogP contribution in [0.5, 0.6) is 5.75 Å². The van der Waals surface area contributed by atoms with E-state index in [1.54, 1.807) is 41.4 Å². The molecule has 0 radical (unpaired) electrons. The Morgan fingerprint density at radius 1 is 1.03 bits per heavy atom. The molecule has 1 saturated carbocycles. The first-order valence-corrected chi connectivity index (χ1v) is 13.3. The van der Waals surface area contributed by atoms with Gasteiger partial charge in [-0.3, -0.25) is 0 Å². The average molecular weight is 559 g/mol. The van der Waals surface area contributed by atoms with Gasteiger partial charge in [0, 0.05) is 5.02 Å². The minimum atomic E-state index is -0.920. The van der Waals surface area contributed by atoms with E-state index in [1.807, 2.05) is 24.3 Å². The van der Waals surface area contributed by atoms with Crippen LogP contribution in [0.3, 0.4) is 0 Å². The molecular formula is C28H26Cl3N3O3. The number of carbonyl (C=O) groups is 1. The fourth-order valence-corrected chi connectivity index (χ4v) is 5.84. The quantitative estimate of drug-likeness (QED) is 0.302. The van der Waals surface area contributed by atoms with E-state index < -0.39 is 5.97 Å². The molecule has 1 fully saturated rings. The number of para-hydroxylation sites is 1. The summed E-state index contributed by atoms with van der Waals surface area (Å²) in [6.45, 7) is 4.51. The number of hydrogen-bond acceptors (Lipinski definition) is 5. The fraction of sp³-hybridized carbons (Fsp3) is 0.321. The predicted octanol–water partition coefficient (Wildman–Crippen LogP) is 8.28. The number of rotatable bonds is 8. The summed E-state index contributed by atoms with van der Waals surface area (Å²) in [6.07, 6.45) is 0.928. The summed E-state index contributed by atoms with van der Waals surface area (Å²) in [7, 11) is 0. The van der Waals surface area contributed by atoms with Crippen molar-refractivity contribution >= 4 is 46.5 Å². The smallest absolute Gasteiger partial charge is 0.335 e. The van der Waals surface area contributed by atoms with Crippen molar-refractivity contribution in [1.82, 2.24) is 0 Å². The summed E-state index contributed by atoms with van der Waals surface area (Å²) in [4.78, 5) is 11.3. The highest BCUT2D eigenvalue weighted by Crippen LogP contribution is 2.56. The Morgan fingerprint density at radius 3 is 2.43 bits per heavy atom. The van der Waals surface area contributed by atoms with Crippen LogP contribution in [0.1, 0.15) is 53.6 Å². The summed E-state index contributed by atoms with van der Waals surface area (Å²) in [5.74, 6) is 0.475. The minimum absolute atomic E-state index is 0.0872. The van der Waals surface area contributed by atoms with Crippen LogP contribution < -0.4 is 9.75 Å². The molecule has 0 amide bonds. The molecule has 0 saturated heterocycles. The number of ether oxygens (including phenoxy) is 1. The summed E-state index contributed by atoms with van der Waals surface area (Å²) in [5, 5.41) is 21.5. The molecule has 1 aliphatic carbocycles. The predicted molar refractivity (Wildman–Crippen MR) is 147 cm³/mol. The Morgan fingerprint density at radius 2 is 1.76 bits per heavy atom. The van der Waals surface area contributed by atoms with Gasteiger partial charge in [-0.15, -0.1) is 0 Å². The maximum Gasteiger partial charge on any atom is 0.335 e. The van der Waals surface area contributed by atoms with Crippen LogP contribution in [-0.2, 0) is 0 Å². The summed E-state index contributed by atoms with van der Waals surface area (Å²) in [5.41, 5.74) is 2.98. The number of hydrogen-bond donors (Lipinski definition) is 1. The molecule has 4 atom stereocenters. The molecular weight excluding hydrogens is 533 g/mol. The van der Waals surface area contributed by atoms with Gasteiger partial charge in [-0.05, 0) is 71.7 Å². The number of benzene rings is 3. The summed E-state index contributed by atoms with van der Waals surface area (Å²) >= 11 is 19.6. The zero-order valence-corrected chi connectivity index (χ0v) is 22.6. The molecule has 192 valence electrons. The van der Waals surface area contributed by atoms with Gasteiger partial charge in [0.1, 0.15) is 24.4 Å². The van der Waals surface area contributed by atoms with E-state index in [1.165, 1.54) is 0 Å². The molecule has 0 bridgehead atoms. The van der Waals surface area contributed by atoms with Gasteiger partial charge in [0.05, 0.1) is 21.3 Å². The number of nitrogens with zero attached hydrogens (tertiary/aromatic N) is 3. The standard InChI is InChI=1S/C28H26Cl3N3O3/c1-15(2)26-25(34(33-32-26)27-22(29)7-4-8-23(27)30)14-37-18-9-10-19(24(31)12-18)21-13-20(21)16-5-3-6-17(11-16)28(35)36/h3-12,15,20-21,25-26H,13-14H2,1-2H3,(H,35,36). The SMILES string of the molecule is CC(C)C1N=NN(c2c(Cl)cccc2Cl)C1COc1ccc(C2CC2c2cccc(C(=O)O)c2)c(Cl)c1. The van der Waals surface area contributed by atoms with Crippen molar-refractivity contribution in [2.45, 2.75) is 44.2 Å². The number of halogens is 3. The van der Waals surface area contributed by atoms with Gasteiger partial charge >= 0.3 is 5.97 Å². The Hall–Kier alpha value is -2.80. The lowest BCUT2D eigenvalue weighted by Crippen LogP contribution is -2.42. The van der Waals surface area contributed by atoms with Crippen LogP contribution in [0.15, 0.2) is 71.0 Å². The van der Waals surface area contributed by atoms with Crippen LogP contribution >= 0.6 is 34.8 Å². The summed E-state index contributed by atoms with van der Waals surface area (Å²) < 4.78 is 6.19. The van der Waals surface area contributed by atoms with E-state index in [4.69, 9.17) is 39.5 Å². The van der Waals surface area contributed by atoms with Crippen LogP contribution in [0, 0.1) is 5.92 Å². The largest absolute Gasteiger partial charge is 0.491 e. The van der Waals surface area contributed by atoms with Gasteiger partial charge in [-0.25, -0.2) is 9.80 Å². The average Bonchev–Trinajstić information content (AvgIpc) is 3.54. The highest BCUT2D eigenvalue weighted by atomic mass is 35.5. The van der Waals surface area contributed by atoms with E-state index in [0.717, 1.165) is 17.5 Å². The number of carboxylic acids is 1. The van der Waals surface area contributed by atoms with E-state index in [-0.39, 0.29) is 29.8 Å². The van der Waals surface area contributed by atoms with Gasteiger partial charge in [0.25, 0.3) is 0 Å². The zero-order chi connectivity index (χ0) is 26.3. The van der Waals surface area contributed by atoms with E-state index in [0.29, 0.717) is 38.7 Å². The minimum Gasteiger partial charge on any atom is -0.491 e. The van der Waals surface area contributed by atoms with Crippen LogP contribution in [0.4, 0.5) is 5.69 Å². The molecule has 4 unspecified atom stereocenters. The van der Waals surface area contributed by atoms with E-state index in [9.17, 15) is 9.90 Å². The third-order valence-corrected chi connectivity index (χ3v) is 7.92. The third-order valence-electron chi connectivity index (χ3n) is 6.98. The lowest BCUT2D eigenvalue weighted by Gasteiger charge is -2.28. The maximum atomic E-state index is 11.3. The Kier molecular flexibility index (Phi) is 7.35. The molecule has 1 N–H and O–H groups in total. The fourth-order valence-electron chi connectivity index (χ4n) is 4.96. The molecule has 1 aliphatic heterocycles. The maximum absolute atomic E-state index is 11.3. The first-order valence-electron chi connectivity index (χ1n) is 12.1. The van der Waals surface area contributed by atoms with E-state index >= 15 is 0 Å². The first-order chi connectivity index (χ1) is 17.7. The molecule has 9 heteroatoms. The lowest BCUT2D eigenvalue weighted by atomic mass is 9.97. The van der Waals surface area contributed by atoms with Crippen molar-refractivity contribution in [3.63, 3.8) is 0 Å². The molecule has 0 aromatic heterocycles. The second-order valence-electron chi connectivity index (χ2n) is 9.80. The van der Waals surface area contributed by atoms with Crippen molar-refractivity contribution in [3.8, 4) is 5.75 Å². The van der Waals surface area contributed by atoms with Crippen molar-refractivity contribution in [3.05, 3.63) is 92.4 Å². The normalized spacial score (nSPS) is 22.5. The second-order valence-corrected chi connectivity index (χ2v) is 11.0. The van der Waals surface area contributed by atoms with Gasteiger partial charge < -0.3 is 9.84 Å². The van der Waals surface area contributed by atoms with Crippen molar-refractivity contribution in [1.29, 1.82) is 0 Å². The topological polar surface area (TPSA) is 74.5 Å². The molecule has 6 nitrogen and oxygen atoms in total. The number of anilines is 1. The van der Waals surface area contributed by atoms with Gasteiger partial charge in [-0.1, -0.05) is 78.1 Å². The Balaban J connectivity index is 1.30. The Bertz CT molecular complexity index is 1340. The van der Waals surface area contributed by atoms with Crippen molar-refractivity contribution in [2.75, 3.05) is 11.6 Å². The molecule has 1 heterocycles. The highest BCUT2D eigenvalue weighted by Gasteiger charge is 2.41. The molecule has 5 rings (SSSR count). The lowest BCUT2D eigenvalue weighted by molar-refractivity contribution is 0.0696. The number of aromatic carboxylic acids is 1. The molecule has 2 aliphatic rings. The Labute approximate surface area is 230 Å². The molecule has 37 heavy (non-hydrogen) atoms. The van der Waals surface area contributed by atoms with Crippen molar-refractivity contribution < 1.29 is 14.6 Å². The highest BCUT2D eigenvalue weighted by molar-refractivity contribution is 6.39. The van der Waals surface area contributed by atoms with E-state index in [2.05, 4.69) is 24.2 Å². The van der Waals surface area contributed by atoms with Gasteiger partial charge in [0.2, 0.25) is 0 Å². The van der Waals surface area contributed by atoms with Crippen molar-refractivity contribution in [2.24, 2.45) is 16.3 Å². The second kappa shape index (κ2) is 10.5. The van der Waals surface area contributed by atoms with Crippen LogP contribution in [0.2, 0.25) is 15.1 Å². The monoisotopic (exact) mass is 557 g/mol. The summed E-state index contributed by atoms with van der Waals surface area (Å²) in [6, 6.07) is 17.9. The van der Waals surface area contributed by atoms with Gasteiger partial charge in [-0.2, -0.15) is 5.11 Å². The molecule has 3 aromatic carbocycles. The van der Waals surface area contributed by atoms with Crippen LogP contribution in [0.25, 0.3) is 0 Å². The molecule has 0 spiro atoms. The van der Waals surface area contributed by atoms with Gasteiger partial charge in [0.15, 0.2) is 0 Å². The third kappa shape index (κ3) is 5.28.